The van der Waals surface area contributed by atoms with Crippen LogP contribution in [0.15, 0.2) is 47.5 Å². The molecule has 0 unspecified atom stereocenters. The predicted octanol–water partition coefficient (Wildman–Crippen LogP) is 2.54. The second-order valence-corrected chi connectivity index (χ2v) is 8.26. The Balaban J connectivity index is 1.74. The van der Waals surface area contributed by atoms with Crippen molar-refractivity contribution in [2.24, 2.45) is 0 Å². The molecule has 1 amide bonds. The van der Waals surface area contributed by atoms with Gasteiger partial charge in [-0.25, -0.2) is 8.42 Å². The summed E-state index contributed by atoms with van der Waals surface area (Å²) >= 11 is 11.2. The summed E-state index contributed by atoms with van der Waals surface area (Å²) in [7, 11) is -3.68. The lowest BCUT2D eigenvalue weighted by atomic mass is 10.2. The number of hydrogen-bond donors (Lipinski definition) is 1. The number of piperazine rings is 1. The highest BCUT2D eigenvalue weighted by Crippen LogP contribution is 2.25. The van der Waals surface area contributed by atoms with Gasteiger partial charge in [-0.15, -0.1) is 0 Å². The SMILES string of the molecule is O=C(c1ccc[nH]c1=S)N1CCN(S(=O)(=O)c2ccccc2Cl)CC1. The number of carbonyl (C=O) groups excluding carboxylic acids is 1. The normalized spacial score (nSPS) is 16.0. The van der Waals surface area contributed by atoms with Gasteiger partial charge in [-0.05, 0) is 24.3 Å². The summed E-state index contributed by atoms with van der Waals surface area (Å²) in [5.41, 5.74) is 0.417. The summed E-state index contributed by atoms with van der Waals surface area (Å²) in [6.45, 7) is 1.02. The second kappa shape index (κ2) is 7.25. The molecule has 3 rings (SSSR count). The summed E-state index contributed by atoms with van der Waals surface area (Å²) < 4.78 is 27.2. The maximum Gasteiger partial charge on any atom is 0.256 e. The van der Waals surface area contributed by atoms with Gasteiger partial charge in [0.2, 0.25) is 10.0 Å². The quantitative estimate of drug-likeness (QED) is 0.808. The minimum atomic E-state index is -3.68. The highest BCUT2D eigenvalue weighted by Gasteiger charge is 2.31. The summed E-state index contributed by atoms with van der Waals surface area (Å²) in [5, 5.41) is 0.191. The van der Waals surface area contributed by atoms with Crippen LogP contribution in [0.2, 0.25) is 5.02 Å². The number of nitrogens with one attached hydrogen (secondary N) is 1. The Bertz CT molecular complexity index is 951. The van der Waals surface area contributed by atoms with Crippen LogP contribution in [0.4, 0.5) is 0 Å². The standard InChI is InChI=1S/C16H16ClN3O3S2/c17-13-5-1-2-6-14(13)25(22,23)20-10-8-19(9-11-20)16(21)12-4-3-7-18-15(12)24/h1-7H,8-11H2,(H,18,24). The predicted molar refractivity (Wildman–Crippen MR) is 97.7 cm³/mol. The van der Waals surface area contributed by atoms with Gasteiger partial charge in [0.15, 0.2) is 0 Å². The monoisotopic (exact) mass is 397 g/mol. The third-order valence-corrected chi connectivity index (χ3v) is 6.77. The molecule has 0 bridgehead atoms. The molecule has 1 fully saturated rings. The van der Waals surface area contributed by atoms with Crippen LogP contribution in [0.3, 0.4) is 0 Å². The molecule has 1 aliphatic rings. The van der Waals surface area contributed by atoms with E-state index in [2.05, 4.69) is 4.98 Å². The number of aromatic nitrogens is 1. The van der Waals surface area contributed by atoms with Crippen LogP contribution in [0, 0.1) is 4.64 Å². The minimum absolute atomic E-state index is 0.0851. The molecule has 1 aliphatic heterocycles. The van der Waals surface area contributed by atoms with E-state index >= 15 is 0 Å². The van der Waals surface area contributed by atoms with E-state index in [1.807, 2.05) is 0 Å². The first-order valence-corrected chi connectivity index (χ1v) is 9.85. The Morgan fingerprint density at radius 3 is 2.40 bits per heavy atom. The third kappa shape index (κ3) is 3.62. The Kier molecular flexibility index (Phi) is 5.24. The zero-order valence-electron chi connectivity index (χ0n) is 13.2. The van der Waals surface area contributed by atoms with Gasteiger partial charge in [0.25, 0.3) is 5.91 Å². The molecular weight excluding hydrogens is 382 g/mol. The van der Waals surface area contributed by atoms with Gasteiger partial charge in [-0.1, -0.05) is 36.0 Å². The number of aromatic amines is 1. The Hall–Kier alpha value is -1.74. The van der Waals surface area contributed by atoms with Gasteiger partial charge >= 0.3 is 0 Å². The number of amides is 1. The van der Waals surface area contributed by atoms with Gasteiger partial charge < -0.3 is 9.88 Å². The maximum atomic E-state index is 12.7. The lowest BCUT2D eigenvalue weighted by Gasteiger charge is -2.34. The zero-order chi connectivity index (χ0) is 18.0. The van der Waals surface area contributed by atoms with Gasteiger partial charge in [0.1, 0.15) is 9.54 Å². The summed E-state index contributed by atoms with van der Waals surface area (Å²) in [6.07, 6.45) is 1.66. The fourth-order valence-electron chi connectivity index (χ4n) is 2.68. The number of carbonyl (C=O) groups is 1. The first-order valence-electron chi connectivity index (χ1n) is 7.63. The van der Waals surface area contributed by atoms with Crippen molar-refractivity contribution < 1.29 is 13.2 Å². The van der Waals surface area contributed by atoms with Crippen molar-refractivity contribution in [2.45, 2.75) is 4.90 Å². The molecule has 1 aromatic carbocycles. The number of pyridine rings is 1. The molecule has 0 saturated carbocycles. The Labute approximate surface area is 156 Å². The fraction of sp³-hybridized carbons (Fsp3) is 0.250. The van der Waals surface area contributed by atoms with Crippen LogP contribution < -0.4 is 0 Å². The average Bonchev–Trinajstić information content (AvgIpc) is 2.62. The van der Waals surface area contributed by atoms with E-state index in [4.69, 9.17) is 23.8 Å². The van der Waals surface area contributed by atoms with Crippen molar-refractivity contribution in [3.05, 3.63) is 57.8 Å². The molecule has 1 N–H and O–H groups in total. The van der Waals surface area contributed by atoms with E-state index in [1.54, 1.807) is 41.4 Å². The van der Waals surface area contributed by atoms with E-state index in [-0.39, 0.29) is 28.9 Å². The molecular formula is C16H16ClN3O3S2. The topological polar surface area (TPSA) is 73.5 Å². The van der Waals surface area contributed by atoms with Gasteiger partial charge in [0, 0.05) is 32.4 Å². The van der Waals surface area contributed by atoms with E-state index in [0.29, 0.717) is 23.3 Å². The van der Waals surface area contributed by atoms with Crippen LogP contribution in [0.1, 0.15) is 10.4 Å². The number of benzene rings is 1. The van der Waals surface area contributed by atoms with Crippen molar-refractivity contribution in [2.75, 3.05) is 26.2 Å². The smallest absolute Gasteiger partial charge is 0.256 e. The molecule has 0 spiro atoms. The number of H-pyrrole nitrogens is 1. The molecule has 1 aromatic heterocycles. The number of halogens is 1. The van der Waals surface area contributed by atoms with Crippen molar-refractivity contribution in [3.63, 3.8) is 0 Å². The molecule has 6 nitrogen and oxygen atoms in total. The highest BCUT2D eigenvalue weighted by atomic mass is 35.5. The lowest BCUT2D eigenvalue weighted by Crippen LogP contribution is -2.50. The molecule has 0 atom stereocenters. The first kappa shape index (κ1) is 18.1. The molecule has 1 saturated heterocycles. The average molecular weight is 398 g/mol. The molecule has 2 aromatic rings. The van der Waals surface area contributed by atoms with E-state index in [1.165, 1.54) is 10.4 Å². The van der Waals surface area contributed by atoms with Crippen LogP contribution in [0.5, 0.6) is 0 Å². The van der Waals surface area contributed by atoms with Crippen LogP contribution in [-0.4, -0.2) is 54.7 Å². The Morgan fingerprint density at radius 1 is 1.08 bits per heavy atom. The number of sulfonamides is 1. The Morgan fingerprint density at radius 2 is 1.76 bits per heavy atom. The van der Waals surface area contributed by atoms with E-state index < -0.39 is 10.0 Å². The largest absolute Gasteiger partial charge is 0.352 e. The molecule has 2 heterocycles. The number of nitrogens with zero attached hydrogens (tertiary/aromatic N) is 2. The molecule has 0 radical (unpaired) electrons. The first-order chi connectivity index (χ1) is 11.9. The maximum absolute atomic E-state index is 12.7. The summed E-state index contributed by atoms with van der Waals surface area (Å²) in [4.78, 5) is 17.1. The molecule has 0 aliphatic carbocycles. The van der Waals surface area contributed by atoms with Crippen LogP contribution >= 0.6 is 23.8 Å². The van der Waals surface area contributed by atoms with Crippen LogP contribution in [-0.2, 0) is 10.0 Å². The number of rotatable bonds is 3. The summed E-state index contributed by atoms with van der Waals surface area (Å²) in [6, 6.07) is 9.72. The molecule has 132 valence electrons. The van der Waals surface area contributed by atoms with Crippen molar-refractivity contribution in [3.8, 4) is 0 Å². The van der Waals surface area contributed by atoms with Gasteiger partial charge in [0.05, 0.1) is 10.6 Å². The minimum Gasteiger partial charge on any atom is -0.352 e. The van der Waals surface area contributed by atoms with Crippen molar-refractivity contribution in [1.82, 2.24) is 14.2 Å². The number of hydrogen-bond acceptors (Lipinski definition) is 4. The molecule has 25 heavy (non-hydrogen) atoms. The van der Waals surface area contributed by atoms with Gasteiger partial charge in [-0.3, -0.25) is 4.79 Å². The zero-order valence-corrected chi connectivity index (χ0v) is 15.6. The van der Waals surface area contributed by atoms with Crippen molar-refractivity contribution >= 4 is 39.7 Å². The van der Waals surface area contributed by atoms with Gasteiger partial charge in [-0.2, -0.15) is 4.31 Å². The third-order valence-electron chi connectivity index (χ3n) is 4.03. The lowest BCUT2D eigenvalue weighted by molar-refractivity contribution is 0.0697. The van der Waals surface area contributed by atoms with Crippen molar-refractivity contribution in [1.29, 1.82) is 0 Å². The van der Waals surface area contributed by atoms with E-state index in [9.17, 15) is 13.2 Å². The fourth-order valence-corrected chi connectivity index (χ4v) is 4.82. The molecule has 9 heteroatoms. The highest BCUT2D eigenvalue weighted by molar-refractivity contribution is 7.89. The summed E-state index contributed by atoms with van der Waals surface area (Å²) in [5.74, 6) is -0.198. The van der Waals surface area contributed by atoms with Crippen LogP contribution in [0.25, 0.3) is 0 Å². The second-order valence-electron chi connectivity index (χ2n) is 5.54. The van der Waals surface area contributed by atoms with E-state index in [0.717, 1.165) is 0 Å².